The fraction of sp³-hybridized carbons (Fsp3) is 0.625. The first-order valence-corrected chi connectivity index (χ1v) is 3.66. The predicted molar refractivity (Wildman–Crippen MR) is 40.5 cm³/mol. The van der Waals surface area contributed by atoms with Gasteiger partial charge >= 0.3 is 0 Å². The maximum atomic E-state index is 11.0. The SMILES string of the molecule is C=CC(=O)C1CCC(N)C1. The van der Waals surface area contributed by atoms with E-state index >= 15 is 0 Å². The molecule has 1 rings (SSSR count). The van der Waals surface area contributed by atoms with E-state index in [-0.39, 0.29) is 17.7 Å². The first kappa shape index (κ1) is 7.48. The molecule has 0 saturated heterocycles. The largest absolute Gasteiger partial charge is 0.328 e. The van der Waals surface area contributed by atoms with Gasteiger partial charge in [-0.15, -0.1) is 0 Å². The monoisotopic (exact) mass is 139 g/mol. The third kappa shape index (κ3) is 1.45. The van der Waals surface area contributed by atoms with Crippen LogP contribution in [0.25, 0.3) is 0 Å². The molecule has 0 bridgehead atoms. The highest BCUT2D eigenvalue weighted by atomic mass is 16.1. The fourth-order valence-electron chi connectivity index (χ4n) is 1.44. The van der Waals surface area contributed by atoms with Crippen molar-refractivity contribution >= 4 is 5.78 Å². The normalized spacial score (nSPS) is 32.1. The van der Waals surface area contributed by atoms with E-state index in [0.717, 1.165) is 19.3 Å². The molecule has 2 unspecified atom stereocenters. The van der Waals surface area contributed by atoms with Crippen LogP contribution >= 0.6 is 0 Å². The molecule has 1 fully saturated rings. The lowest BCUT2D eigenvalue weighted by atomic mass is 10.0. The summed E-state index contributed by atoms with van der Waals surface area (Å²) >= 11 is 0. The zero-order valence-electron chi connectivity index (χ0n) is 6.05. The highest BCUT2D eigenvalue weighted by Crippen LogP contribution is 2.24. The van der Waals surface area contributed by atoms with Crippen molar-refractivity contribution in [2.45, 2.75) is 25.3 Å². The number of allylic oxidation sites excluding steroid dienone is 1. The molecule has 1 aliphatic rings. The van der Waals surface area contributed by atoms with E-state index in [2.05, 4.69) is 6.58 Å². The highest BCUT2D eigenvalue weighted by Gasteiger charge is 2.25. The molecule has 2 N–H and O–H groups in total. The van der Waals surface area contributed by atoms with E-state index in [9.17, 15) is 4.79 Å². The maximum Gasteiger partial charge on any atom is 0.158 e. The van der Waals surface area contributed by atoms with Crippen LogP contribution in [0.1, 0.15) is 19.3 Å². The van der Waals surface area contributed by atoms with Gasteiger partial charge in [-0.25, -0.2) is 0 Å². The molecule has 2 heteroatoms. The average molecular weight is 139 g/mol. The zero-order chi connectivity index (χ0) is 7.56. The van der Waals surface area contributed by atoms with E-state index in [1.54, 1.807) is 0 Å². The van der Waals surface area contributed by atoms with Gasteiger partial charge in [0.2, 0.25) is 0 Å². The number of rotatable bonds is 2. The van der Waals surface area contributed by atoms with E-state index in [0.29, 0.717) is 0 Å². The Kier molecular flexibility index (Phi) is 2.22. The molecule has 0 radical (unpaired) electrons. The Bertz CT molecular complexity index is 153. The molecule has 56 valence electrons. The van der Waals surface area contributed by atoms with Gasteiger partial charge in [-0.05, 0) is 25.3 Å². The fourth-order valence-corrected chi connectivity index (χ4v) is 1.44. The van der Waals surface area contributed by atoms with Gasteiger partial charge in [0.15, 0.2) is 5.78 Å². The number of ketones is 1. The second kappa shape index (κ2) is 2.97. The van der Waals surface area contributed by atoms with Crippen LogP contribution in [0, 0.1) is 5.92 Å². The average Bonchev–Trinajstić information content (AvgIpc) is 2.34. The molecule has 0 aromatic heterocycles. The van der Waals surface area contributed by atoms with Crippen LogP contribution in [0.3, 0.4) is 0 Å². The first-order valence-electron chi connectivity index (χ1n) is 3.66. The van der Waals surface area contributed by atoms with Crippen molar-refractivity contribution in [3.8, 4) is 0 Å². The van der Waals surface area contributed by atoms with Crippen LogP contribution in [0.4, 0.5) is 0 Å². The van der Waals surface area contributed by atoms with Gasteiger partial charge in [0, 0.05) is 12.0 Å². The van der Waals surface area contributed by atoms with Crippen molar-refractivity contribution in [3.05, 3.63) is 12.7 Å². The highest BCUT2D eigenvalue weighted by molar-refractivity contribution is 5.91. The van der Waals surface area contributed by atoms with Crippen LogP contribution < -0.4 is 5.73 Å². The van der Waals surface area contributed by atoms with E-state index in [1.807, 2.05) is 0 Å². The van der Waals surface area contributed by atoms with Gasteiger partial charge < -0.3 is 5.73 Å². The van der Waals surface area contributed by atoms with Gasteiger partial charge in [0.25, 0.3) is 0 Å². The summed E-state index contributed by atoms with van der Waals surface area (Å²) in [5.74, 6) is 0.334. The molecular weight excluding hydrogens is 126 g/mol. The number of carbonyl (C=O) groups excluding carboxylic acids is 1. The Morgan fingerprint density at radius 2 is 2.30 bits per heavy atom. The summed E-state index contributed by atoms with van der Waals surface area (Å²) in [4.78, 5) is 11.0. The van der Waals surface area contributed by atoms with Crippen LogP contribution in [0.5, 0.6) is 0 Å². The molecule has 0 aromatic carbocycles. The second-order valence-corrected chi connectivity index (χ2v) is 2.88. The summed E-state index contributed by atoms with van der Waals surface area (Å²) < 4.78 is 0. The molecule has 0 aromatic rings. The van der Waals surface area contributed by atoms with E-state index in [4.69, 9.17) is 5.73 Å². The third-order valence-electron chi connectivity index (χ3n) is 2.08. The van der Waals surface area contributed by atoms with E-state index < -0.39 is 0 Å². The predicted octanol–water partition coefficient (Wildman–Crippen LogP) is 0.869. The van der Waals surface area contributed by atoms with Crippen molar-refractivity contribution in [1.82, 2.24) is 0 Å². The smallest absolute Gasteiger partial charge is 0.158 e. The van der Waals surface area contributed by atoms with Gasteiger partial charge in [-0.3, -0.25) is 4.79 Å². The summed E-state index contributed by atoms with van der Waals surface area (Å²) in [6.07, 6.45) is 4.20. The standard InChI is InChI=1S/C8H13NO/c1-2-8(10)6-3-4-7(9)5-6/h2,6-7H,1,3-5,9H2. The van der Waals surface area contributed by atoms with Crippen molar-refractivity contribution in [3.63, 3.8) is 0 Å². The minimum Gasteiger partial charge on any atom is -0.328 e. The summed E-state index contributed by atoms with van der Waals surface area (Å²) in [5, 5.41) is 0. The van der Waals surface area contributed by atoms with Gasteiger partial charge in [-0.1, -0.05) is 6.58 Å². The number of hydrogen-bond acceptors (Lipinski definition) is 2. The topological polar surface area (TPSA) is 43.1 Å². The molecule has 0 aliphatic heterocycles. The molecule has 0 amide bonds. The first-order chi connectivity index (χ1) is 4.74. The lowest BCUT2D eigenvalue weighted by Crippen LogP contribution is -2.16. The molecular formula is C8H13NO. The molecule has 0 spiro atoms. The summed E-state index contributed by atoms with van der Waals surface area (Å²) in [6.45, 7) is 3.44. The minimum atomic E-state index is 0.160. The van der Waals surface area contributed by atoms with Gasteiger partial charge in [-0.2, -0.15) is 0 Å². The Hall–Kier alpha value is -0.630. The molecule has 10 heavy (non-hydrogen) atoms. The van der Waals surface area contributed by atoms with Crippen LogP contribution in [-0.4, -0.2) is 11.8 Å². The van der Waals surface area contributed by atoms with Crippen LogP contribution in [-0.2, 0) is 4.79 Å². The second-order valence-electron chi connectivity index (χ2n) is 2.88. The number of hydrogen-bond donors (Lipinski definition) is 1. The maximum absolute atomic E-state index is 11.0. The minimum absolute atomic E-state index is 0.160. The van der Waals surface area contributed by atoms with E-state index in [1.165, 1.54) is 6.08 Å². The Labute approximate surface area is 61.1 Å². The van der Waals surface area contributed by atoms with Crippen molar-refractivity contribution < 1.29 is 4.79 Å². The molecule has 0 heterocycles. The Balaban J connectivity index is 2.44. The van der Waals surface area contributed by atoms with Crippen LogP contribution in [0.15, 0.2) is 12.7 Å². The van der Waals surface area contributed by atoms with Crippen LogP contribution in [0.2, 0.25) is 0 Å². The summed E-state index contributed by atoms with van der Waals surface area (Å²) in [6, 6.07) is 0.244. The van der Waals surface area contributed by atoms with Gasteiger partial charge in [0.05, 0.1) is 0 Å². The van der Waals surface area contributed by atoms with Gasteiger partial charge in [0.1, 0.15) is 0 Å². The lowest BCUT2D eigenvalue weighted by molar-refractivity contribution is -0.118. The number of nitrogens with two attached hydrogens (primary N) is 1. The molecule has 2 atom stereocenters. The third-order valence-corrected chi connectivity index (χ3v) is 2.08. The Morgan fingerprint density at radius 1 is 1.60 bits per heavy atom. The van der Waals surface area contributed by atoms with Crippen molar-refractivity contribution in [2.24, 2.45) is 11.7 Å². The van der Waals surface area contributed by atoms with Crippen molar-refractivity contribution in [2.75, 3.05) is 0 Å². The zero-order valence-corrected chi connectivity index (χ0v) is 6.05. The lowest BCUT2D eigenvalue weighted by Gasteiger charge is -2.02. The molecule has 1 aliphatic carbocycles. The summed E-state index contributed by atoms with van der Waals surface area (Å²) in [5.41, 5.74) is 5.63. The quantitative estimate of drug-likeness (QED) is 0.577. The van der Waals surface area contributed by atoms with Crippen molar-refractivity contribution in [1.29, 1.82) is 0 Å². The summed E-state index contributed by atoms with van der Waals surface area (Å²) in [7, 11) is 0. The number of carbonyl (C=O) groups is 1. The molecule has 2 nitrogen and oxygen atoms in total. The Morgan fingerprint density at radius 3 is 2.70 bits per heavy atom. The molecule has 1 saturated carbocycles.